The third kappa shape index (κ3) is 5.41. The van der Waals surface area contributed by atoms with Gasteiger partial charge in [0.2, 0.25) is 0 Å². The van der Waals surface area contributed by atoms with Gasteiger partial charge >= 0.3 is 23.9 Å². The minimum absolute atomic E-state index is 0.00152. The number of fused-ring (bicyclic) bond motifs is 1. The van der Waals surface area contributed by atoms with Crippen LogP contribution >= 0.6 is 11.3 Å². The number of esters is 4. The van der Waals surface area contributed by atoms with Crippen molar-refractivity contribution in [1.29, 1.82) is 0 Å². The molecule has 2 aromatic carbocycles. The van der Waals surface area contributed by atoms with E-state index in [4.69, 9.17) is 24.7 Å². The molecule has 0 aliphatic carbocycles. The largest absolute Gasteiger partial charge is 0.466 e. The average molecular weight is 579 g/mol. The third-order valence-corrected chi connectivity index (χ3v) is 7.45. The second-order valence-electron chi connectivity index (χ2n) is 8.64. The van der Waals surface area contributed by atoms with Gasteiger partial charge in [0.15, 0.2) is 0 Å². The number of thiazole rings is 1. The van der Waals surface area contributed by atoms with Crippen molar-refractivity contribution in [2.24, 2.45) is 5.73 Å². The normalized spacial score (nSPS) is 14.8. The molecule has 2 heterocycles. The molecule has 41 heavy (non-hydrogen) atoms. The summed E-state index contributed by atoms with van der Waals surface area (Å²) in [5, 5.41) is 0. The van der Waals surface area contributed by atoms with Crippen LogP contribution in [0.2, 0.25) is 0 Å². The van der Waals surface area contributed by atoms with Crippen LogP contribution in [-0.2, 0) is 28.5 Å². The summed E-state index contributed by atoms with van der Waals surface area (Å²) in [6.07, 6.45) is 1.58. The maximum absolute atomic E-state index is 13.6. The molecule has 0 fully saturated rings. The number of carbonyl (C=O) groups is 4. The first-order valence-electron chi connectivity index (χ1n) is 12.3. The van der Waals surface area contributed by atoms with E-state index in [9.17, 15) is 24.0 Å². The van der Waals surface area contributed by atoms with Gasteiger partial charge in [-0.05, 0) is 48.4 Å². The van der Waals surface area contributed by atoms with Crippen molar-refractivity contribution in [3.8, 4) is 0 Å². The molecule has 4 rings (SSSR count). The first kappa shape index (κ1) is 29.0. The van der Waals surface area contributed by atoms with E-state index in [0.717, 1.165) is 15.9 Å². The van der Waals surface area contributed by atoms with E-state index in [-0.39, 0.29) is 38.3 Å². The minimum Gasteiger partial charge on any atom is -0.466 e. The summed E-state index contributed by atoms with van der Waals surface area (Å²) in [5.41, 5.74) is 7.39. The maximum Gasteiger partial charge on any atom is 0.338 e. The molecule has 0 bridgehead atoms. The number of benzene rings is 2. The van der Waals surface area contributed by atoms with Crippen molar-refractivity contribution < 1.29 is 38.1 Å². The number of hydrogen-bond acceptors (Lipinski definition) is 11. The Morgan fingerprint density at radius 2 is 1.37 bits per heavy atom. The quantitative estimate of drug-likeness (QED) is 0.319. The van der Waals surface area contributed by atoms with E-state index in [2.05, 4.69) is 0 Å². The van der Waals surface area contributed by atoms with Crippen molar-refractivity contribution in [3.63, 3.8) is 0 Å². The zero-order valence-corrected chi connectivity index (χ0v) is 23.4. The number of methoxy groups -OCH3 is 3. The van der Waals surface area contributed by atoms with Gasteiger partial charge in [0.1, 0.15) is 10.5 Å². The predicted molar refractivity (Wildman–Crippen MR) is 149 cm³/mol. The number of ether oxygens (including phenoxy) is 4. The Bertz CT molecular complexity index is 1750. The van der Waals surface area contributed by atoms with Gasteiger partial charge in [-0.15, -0.1) is 11.3 Å². The summed E-state index contributed by atoms with van der Waals surface area (Å²) in [7, 11) is 3.71. The minimum atomic E-state index is -1.07. The van der Waals surface area contributed by atoms with E-state index in [1.807, 2.05) is 0 Å². The second kappa shape index (κ2) is 12.0. The molecule has 0 amide bonds. The fourth-order valence-corrected chi connectivity index (χ4v) is 5.58. The van der Waals surface area contributed by atoms with Gasteiger partial charge in [0.05, 0.1) is 60.7 Å². The molecule has 1 aliphatic heterocycles. The van der Waals surface area contributed by atoms with Crippen LogP contribution in [0.5, 0.6) is 0 Å². The van der Waals surface area contributed by atoms with Crippen LogP contribution in [-0.4, -0.2) is 56.4 Å². The standard InChI is InChI=1S/C29H26N2O9S/c1-5-40-29(36)21-20(16-10-12-18(13-11-16)27(34)38-3)22(28(35)39-4)25-31(23(21)30)24(32)19(41-25)14-15-6-8-17(9-7-15)26(33)37-2/h6-14,20H,5,30H2,1-4H3/b19-14-/t20-/m1/s1. The lowest BCUT2D eigenvalue weighted by molar-refractivity contribution is -0.138. The summed E-state index contributed by atoms with van der Waals surface area (Å²) in [4.78, 5) is 63.9. The monoisotopic (exact) mass is 578 g/mol. The van der Waals surface area contributed by atoms with Crippen molar-refractivity contribution in [3.05, 3.63) is 95.9 Å². The number of aromatic nitrogens is 1. The zero-order chi connectivity index (χ0) is 29.8. The molecule has 0 spiro atoms. The second-order valence-corrected chi connectivity index (χ2v) is 9.67. The van der Waals surface area contributed by atoms with Crippen LogP contribution < -0.4 is 20.5 Å². The summed E-state index contributed by atoms with van der Waals surface area (Å²) in [6, 6.07) is 12.5. The molecule has 212 valence electrons. The molecular formula is C29H26N2O9S. The molecule has 1 aliphatic rings. The lowest BCUT2D eigenvalue weighted by Crippen LogP contribution is -2.41. The molecule has 1 aromatic heterocycles. The smallest absolute Gasteiger partial charge is 0.338 e. The fraction of sp³-hybridized carbons (Fsp3) is 0.207. The number of carbonyl (C=O) groups excluding carboxylic acids is 4. The van der Waals surface area contributed by atoms with E-state index in [0.29, 0.717) is 16.7 Å². The lowest BCUT2D eigenvalue weighted by Gasteiger charge is -2.26. The van der Waals surface area contributed by atoms with E-state index >= 15 is 0 Å². The first-order valence-corrected chi connectivity index (χ1v) is 13.1. The van der Waals surface area contributed by atoms with Gasteiger partial charge in [-0.2, -0.15) is 0 Å². The van der Waals surface area contributed by atoms with Crippen molar-refractivity contribution >= 4 is 52.7 Å². The average Bonchev–Trinajstić information content (AvgIpc) is 3.31. The Balaban J connectivity index is 2.01. The SMILES string of the molecule is CCOC(=O)C1=C(N)n2c(s/c(=C\c3ccc(C(=O)OC)cc3)c2=O)=C(C(=O)OC)[C@@H]1c1ccc(C(=O)OC)cc1. The molecule has 3 aromatic rings. The Morgan fingerprint density at radius 1 is 0.829 bits per heavy atom. The van der Waals surface area contributed by atoms with Crippen molar-refractivity contribution in [2.45, 2.75) is 12.8 Å². The topological polar surface area (TPSA) is 153 Å². The highest BCUT2D eigenvalue weighted by Gasteiger charge is 2.39. The van der Waals surface area contributed by atoms with Crippen LogP contribution in [0.25, 0.3) is 17.5 Å². The maximum atomic E-state index is 13.6. The third-order valence-electron chi connectivity index (χ3n) is 6.34. The predicted octanol–water partition coefficient (Wildman–Crippen LogP) is 1.12. The van der Waals surface area contributed by atoms with Gasteiger partial charge < -0.3 is 24.7 Å². The van der Waals surface area contributed by atoms with Gasteiger partial charge in [-0.3, -0.25) is 9.36 Å². The molecule has 12 heteroatoms. The van der Waals surface area contributed by atoms with E-state index in [1.165, 1.54) is 33.5 Å². The fourth-order valence-electron chi connectivity index (χ4n) is 4.41. The van der Waals surface area contributed by atoms with Crippen LogP contribution in [0, 0.1) is 0 Å². The first-order chi connectivity index (χ1) is 19.7. The van der Waals surface area contributed by atoms with E-state index < -0.39 is 35.4 Å². The highest BCUT2D eigenvalue weighted by molar-refractivity contribution is 7.07. The summed E-state index contributed by atoms with van der Waals surface area (Å²) in [6.45, 7) is 1.63. The van der Waals surface area contributed by atoms with Crippen molar-refractivity contribution in [2.75, 3.05) is 27.9 Å². The molecule has 0 saturated carbocycles. The highest BCUT2D eigenvalue weighted by atomic mass is 32.1. The van der Waals surface area contributed by atoms with Gasteiger partial charge in [-0.1, -0.05) is 24.3 Å². The molecule has 1 atom stereocenters. The lowest BCUT2D eigenvalue weighted by atomic mass is 9.83. The number of rotatable bonds is 7. The van der Waals surface area contributed by atoms with Gasteiger partial charge in [0.25, 0.3) is 5.56 Å². The molecule has 0 unspecified atom stereocenters. The van der Waals surface area contributed by atoms with E-state index in [1.54, 1.807) is 49.4 Å². The van der Waals surface area contributed by atoms with Crippen LogP contribution in [0.1, 0.15) is 44.7 Å². The number of nitrogens with two attached hydrogens (primary N) is 1. The summed E-state index contributed by atoms with van der Waals surface area (Å²) >= 11 is 0.990. The van der Waals surface area contributed by atoms with Crippen molar-refractivity contribution in [1.82, 2.24) is 4.57 Å². The Labute approximate surface area is 237 Å². The zero-order valence-electron chi connectivity index (χ0n) is 22.6. The highest BCUT2D eigenvalue weighted by Crippen LogP contribution is 2.37. The van der Waals surface area contributed by atoms with Crippen LogP contribution in [0.3, 0.4) is 0 Å². The molecule has 2 N–H and O–H groups in total. The summed E-state index contributed by atoms with van der Waals surface area (Å²) < 4.78 is 21.3. The Hall–Kier alpha value is -4.97. The Morgan fingerprint density at radius 3 is 1.88 bits per heavy atom. The summed E-state index contributed by atoms with van der Waals surface area (Å²) in [5.74, 6) is -3.94. The Kier molecular flexibility index (Phi) is 8.53. The molecule has 0 saturated heterocycles. The van der Waals surface area contributed by atoms with Crippen LogP contribution in [0.15, 0.2) is 58.9 Å². The van der Waals surface area contributed by atoms with Crippen LogP contribution in [0.4, 0.5) is 0 Å². The van der Waals surface area contributed by atoms with Gasteiger partial charge in [0, 0.05) is 0 Å². The molecular weight excluding hydrogens is 552 g/mol. The molecule has 11 nitrogen and oxygen atoms in total. The number of hydrogen-bond donors (Lipinski definition) is 1. The van der Waals surface area contributed by atoms with Gasteiger partial charge in [-0.25, -0.2) is 19.2 Å². The molecule has 0 radical (unpaired) electrons. The number of nitrogens with zero attached hydrogens (tertiary/aromatic N) is 1.